The molecule has 0 aromatic heterocycles. The van der Waals surface area contributed by atoms with Crippen molar-refractivity contribution in [3.05, 3.63) is 35.9 Å². The maximum atomic E-state index is 12.7. The fourth-order valence-corrected chi connectivity index (χ4v) is 2.98. The summed E-state index contributed by atoms with van der Waals surface area (Å²) in [5, 5.41) is 4.24. The molecule has 1 N–H and O–H groups in total. The zero-order valence-corrected chi connectivity index (χ0v) is 13.1. The van der Waals surface area contributed by atoms with Gasteiger partial charge in [0.1, 0.15) is 0 Å². The van der Waals surface area contributed by atoms with Gasteiger partial charge >= 0.3 is 6.03 Å². The molecule has 0 aliphatic carbocycles. The second-order valence-electron chi connectivity index (χ2n) is 5.84. The number of carbonyl (C=O) groups excluding carboxylic acids is 3. The van der Waals surface area contributed by atoms with Crippen molar-refractivity contribution in [2.24, 2.45) is 0 Å². The third kappa shape index (κ3) is 2.99. The van der Waals surface area contributed by atoms with Crippen molar-refractivity contribution in [2.75, 3.05) is 13.1 Å². The minimum Gasteiger partial charge on any atom is -0.273 e. The lowest BCUT2D eigenvalue weighted by molar-refractivity contribution is -0.149. The van der Waals surface area contributed by atoms with Crippen molar-refractivity contribution < 1.29 is 14.4 Å². The van der Waals surface area contributed by atoms with Gasteiger partial charge in [0.05, 0.1) is 12.6 Å². The maximum Gasteiger partial charge on any atom is 0.357 e. The number of nitrogens with one attached hydrogen (secondary N) is 1. The van der Waals surface area contributed by atoms with E-state index in [2.05, 4.69) is 5.43 Å². The Morgan fingerprint density at radius 1 is 1.17 bits per heavy atom. The molecule has 2 heterocycles. The summed E-state index contributed by atoms with van der Waals surface area (Å²) in [7, 11) is 0. The Balaban J connectivity index is 1.78. The summed E-state index contributed by atoms with van der Waals surface area (Å²) in [6.07, 6.45) is 1.92. The molecule has 1 aromatic carbocycles. The maximum absolute atomic E-state index is 12.7. The molecule has 1 atom stereocenters. The number of hydrogen-bond donors (Lipinski definition) is 1. The summed E-state index contributed by atoms with van der Waals surface area (Å²) < 4.78 is 0. The lowest BCUT2D eigenvalue weighted by Gasteiger charge is -2.42. The second kappa shape index (κ2) is 6.28. The lowest BCUT2D eigenvalue weighted by Crippen LogP contribution is -2.60. The van der Waals surface area contributed by atoms with Crippen molar-refractivity contribution in [1.82, 2.24) is 20.5 Å². The molecule has 0 saturated carbocycles. The topological polar surface area (TPSA) is 73.0 Å². The highest BCUT2D eigenvalue weighted by atomic mass is 16.2. The summed E-state index contributed by atoms with van der Waals surface area (Å²) in [6.45, 7) is 2.64. The molecular weight excluding hydrogens is 296 g/mol. The van der Waals surface area contributed by atoms with Gasteiger partial charge in [0.15, 0.2) is 0 Å². The first-order valence-corrected chi connectivity index (χ1v) is 7.85. The van der Waals surface area contributed by atoms with E-state index in [0.29, 0.717) is 12.1 Å². The monoisotopic (exact) mass is 316 g/mol. The number of urea groups is 1. The molecule has 7 nitrogen and oxygen atoms in total. The first kappa shape index (κ1) is 15.3. The van der Waals surface area contributed by atoms with E-state index >= 15 is 0 Å². The first-order chi connectivity index (χ1) is 11.1. The molecule has 2 fully saturated rings. The van der Waals surface area contributed by atoms with Crippen molar-refractivity contribution in [2.45, 2.75) is 32.2 Å². The molecule has 0 bridgehead atoms. The van der Waals surface area contributed by atoms with Gasteiger partial charge in [-0.15, -0.1) is 0 Å². The van der Waals surface area contributed by atoms with Gasteiger partial charge in [0.25, 0.3) is 5.91 Å². The number of hydrazine groups is 2. The van der Waals surface area contributed by atoms with Crippen LogP contribution in [0.15, 0.2) is 30.3 Å². The SMILES string of the molecule is C[C@@H]1CCCN2C(=O)CCN(NC(=O)c3ccccc3)C(=O)N12. The van der Waals surface area contributed by atoms with E-state index in [1.807, 2.05) is 13.0 Å². The molecule has 4 amide bonds. The smallest absolute Gasteiger partial charge is 0.273 e. The quantitative estimate of drug-likeness (QED) is 0.896. The van der Waals surface area contributed by atoms with Crippen LogP contribution in [0.5, 0.6) is 0 Å². The van der Waals surface area contributed by atoms with Gasteiger partial charge in [-0.25, -0.2) is 19.8 Å². The molecule has 7 heteroatoms. The molecule has 23 heavy (non-hydrogen) atoms. The van der Waals surface area contributed by atoms with Crippen molar-refractivity contribution >= 4 is 17.8 Å². The van der Waals surface area contributed by atoms with Crippen LogP contribution in [0, 0.1) is 0 Å². The highest BCUT2D eigenvalue weighted by molar-refractivity contribution is 5.95. The van der Waals surface area contributed by atoms with Crippen LogP contribution in [-0.4, -0.2) is 52.0 Å². The minimum atomic E-state index is -0.357. The average Bonchev–Trinajstić information content (AvgIpc) is 2.68. The van der Waals surface area contributed by atoms with Gasteiger partial charge in [-0.05, 0) is 31.9 Å². The van der Waals surface area contributed by atoms with E-state index < -0.39 is 0 Å². The van der Waals surface area contributed by atoms with Gasteiger partial charge in [-0.2, -0.15) is 0 Å². The van der Waals surface area contributed by atoms with Gasteiger partial charge in [-0.1, -0.05) is 18.2 Å². The zero-order valence-electron chi connectivity index (χ0n) is 13.1. The second-order valence-corrected chi connectivity index (χ2v) is 5.84. The standard InChI is InChI=1S/C16H20N4O3/c1-12-6-5-10-19-14(21)9-11-18(16(23)20(12)19)17-15(22)13-7-3-2-4-8-13/h2-4,7-8,12H,5-6,9-11H2,1H3,(H,17,22)/t12-/m1/s1. The molecule has 2 aliphatic heterocycles. The van der Waals surface area contributed by atoms with Crippen LogP contribution in [0.2, 0.25) is 0 Å². The molecular formula is C16H20N4O3. The van der Waals surface area contributed by atoms with Crippen LogP contribution >= 0.6 is 0 Å². The van der Waals surface area contributed by atoms with Gasteiger partial charge in [0.2, 0.25) is 5.91 Å². The fourth-order valence-electron chi connectivity index (χ4n) is 2.98. The van der Waals surface area contributed by atoms with Crippen LogP contribution < -0.4 is 5.43 Å². The van der Waals surface area contributed by atoms with Crippen LogP contribution in [-0.2, 0) is 4.79 Å². The van der Waals surface area contributed by atoms with Gasteiger partial charge in [-0.3, -0.25) is 15.0 Å². The molecule has 0 spiro atoms. The van der Waals surface area contributed by atoms with E-state index in [0.717, 1.165) is 12.8 Å². The minimum absolute atomic E-state index is 0.0607. The molecule has 2 aliphatic rings. The normalized spacial score (nSPS) is 21.8. The molecule has 122 valence electrons. The van der Waals surface area contributed by atoms with Crippen LogP contribution in [0.4, 0.5) is 4.79 Å². The van der Waals surface area contributed by atoms with E-state index in [9.17, 15) is 14.4 Å². The van der Waals surface area contributed by atoms with Crippen LogP contribution in [0.3, 0.4) is 0 Å². The number of nitrogens with zero attached hydrogens (tertiary/aromatic N) is 3. The molecule has 0 unspecified atom stereocenters. The van der Waals surface area contributed by atoms with E-state index in [4.69, 9.17) is 0 Å². The Morgan fingerprint density at radius 2 is 1.91 bits per heavy atom. The Kier molecular flexibility index (Phi) is 4.18. The van der Waals surface area contributed by atoms with Gasteiger partial charge in [0, 0.05) is 18.5 Å². The summed E-state index contributed by atoms with van der Waals surface area (Å²) in [4.78, 5) is 37.3. The van der Waals surface area contributed by atoms with E-state index in [-0.39, 0.29) is 36.9 Å². The molecule has 3 rings (SSSR count). The molecule has 0 radical (unpaired) electrons. The Bertz CT molecular complexity index is 619. The lowest BCUT2D eigenvalue weighted by atomic mass is 10.1. The number of hydrogen-bond acceptors (Lipinski definition) is 3. The predicted molar refractivity (Wildman–Crippen MR) is 82.9 cm³/mol. The number of carbonyl (C=O) groups is 3. The third-order valence-corrected chi connectivity index (χ3v) is 4.21. The highest BCUT2D eigenvalue weighted by Gasteiger charge is 2.39. The zero-order chi connectivity index (χ0) is 16.4. The largest absolute Gasteiger partial charge is 0.357 e. The van der Waals surface area contributed by atoms with Crippen LogP contribution in [0.25, 0.3) is 0 Å². The molecule has 2 saturated heterocycles. The summed E-state index contributed by atoms with van der Waals surface area (Å²) >= 11 is 0. The van der Waals surface area contributed by atoms with Gasteiger partial charge < -0.3 is 0 Å². The predicted octanol–water partition coefficient (Wildman–Crippen LogP) is 1.38. The van der Waals surface area contributed by atoms with Crippen molar-refractivity contribution in [1.29, 1.82) is 0 Å². The number of fused-ring (bicyclic) bond motifs is 1. The van der Waals surface area contributed by atoms with Crippen molar-refractivity contribution in [3.8, 4) is 0 Å². The average molecular weight is 316 g/mol. The number of amides is 4. The summed E-state index contributed by atoms with van der Waals surface area (Å²) in [6, 6.07) is 8.28. The Morgan fingerprint density at radius 3 is 2.65 bits per heavy atom. The van der Waals surface area contributed by atoms with Crippen molar-refractivity contribution in [3.63, 3.8) is 0 Å². The molecule has 1 aromatic rings. The summed E-state index contributed by atoms with van der Waals surface area (Å²) in [5.41, 5.74) is 3.10. The summed E-state index contributed by atoms with van der Waals surface area (Å²) in [5.74, 6) is -0.439. The van der Waals surface area contributed by atoms with E-state index in [1.165, 1.54) is 15.0 Å². The van der Waals surface area contributed by atoms with E-state index in [1.54, 1.807) is 24.3 Å². The Hall–Kier alpha value is -2.57. The first-order valence-electron chi connectivity index (χ1n) is 7.85. The third-order valence-electron chi connectivity index (χ3n) is 4.21. The number of rotatable bonds is 2. The highest BCUT2D eigenvalue weighted by Crippen LogP contribution is 2.22. The Labute approximate surface area is 134 Å². The fraction of sp³-hybridized carbons (Fsp3) is 0.438. The number of benzene rings is 1. The van der Waals surface area contributed by atoms with Crippen LogP contribution in [0.1, 0.15) is 36.5 Å².